The van der Waals surface area contributed by atoms with Crippen molar-refractivity contribution in [3.8, 4) is 0 Å². The number of hydrogen-bond donors (Lipinski definition) is 0. The zero-order valence-corrected chi connectivity index (χ0v) is 15.0. The topological polar surface area (TPSA) is 32.8 Å². The van der Waals surface area contributed by atoms with Gasteiger partial charge in [-0.05, 0) is 44.6 Å². The molecule has 3 rings (SSSR count). The minimum atomic E-state index is -0.0259. The molecule has 1 aromatic rings. The number of piperidine rings is 1. The number of carbonyl (C=O) groups excluding carboxylic acids is 1. The summed E-state index contributed by atoms with van der Waals surface area (Å²) >= 11 is 0. The van der Waals surface area contributed by atoms with Crippen LogP contribution in [0.4, 0.5) is 0 Å². The lowest BCUT2D eigenvalue weighted by Crippen LogP contribution is -2.53. The molecule has 24 heavy (non-hydrogen) atoms. The second-order valence-corrected chi connectivity index (χ2v) is 7.31. The van der Waals surface area contributed by atoms with Gasteiger partial charge < -0.3 is 9.64 Å². The van der Waals surface area contributed by atoms with Crippen LogP contribution in [-0.2, 0) is 16.0 Å². The van der Waals surface area contributed by atoms with E-state index in [1.54, 1.807) is 0 Å². The lowest BCUT2D eigenvalue weighted by atomic mass is 9.90. The van der Waals surface area contributed by atoms with Crippen molar-refractivity contribution in [2.45, 2.75) is 45.3 Å². The summed E-state index contributed by atoms with van der Waals surface area (Å²) in [4.78, 5) is 17.2. The highest BCUT2D eigenvalue weighted by molar-refractivity contribution is 5.81. The van der Waals surface area contributed by atoms with E-state index in [-0.39, 0.29) is 12.1 Å². The third-order valence-corrected chi connectivity index (χ3v) is 5.47. The number of amides is 1. The monoisotopic (exact) mass is 330 g/mol. The predicted molar refractivity (Wildman–Crippen MR) is 95.9 cm³/mol. The second kappa shape index (κ2) is 8.13. The largest absolute Gasteiger partial charge is 0.376 e. The van der Waals surface area contributed by atoms with Gasteiger partial charge in [0.25, 0.3) is 0 Å². The Morgan fingerprint density at radius 1 is 1.21 bits per heavy atom. The molecular weight excluding hydrogens is 300 g/mol. The first-order valence-electron chi connectivity index (χ1n) is 9.32. The molecule has 1 aromatic carbocycles. The van der Waals surface area contributed by atoms with Gasteiger partial charge >= 0.3 is 0 Å². The molecule has 4 nitrogen and oxygen atoms in total. The smallest absolute Gasteiger partial charge is 0.239 e. The molecule has 2 aliphatic heterocycles. The van der Waals surface area contributed by atoms with Crippen LogP contribution >= 0.6 is 0 Å². The van der Waals surface area contributed by atoms with Crippen molar-refractivity contribution in [2.75, 3.05) is 32.8 Å². The molecule has 2 heterocycles. The maximum Gasteiger partial charge on any atom is 0.239 e. The van der Waals surface area contributed by atoms with Crippen LogP contribution in [-0.4, -0.2) is 60.6 Å². The van der Waals surface area contributed by atoms with Crippen LogP contribution in [0, 0.1) is 5.92 Å². The Kier molecular flexibility index (Phi) is 5.90. The van der Waals surface area contributed by atoms with Crippen molar-refractivity contribution in [1.82, 2.24) is 9.80 Å². The molecule has 0 spiro atoms. The van der Waals surface area contributed by atoms with Gasteiger partial charge in [0.1, 0.15) is 0 Å². The number of carbonyl (C=O) groups is 1. The van der Waals surface area contributed by atoms with E-state index in [0.29, 0.717) is 11.8 Å². The molecule has 0 N–H and O–H groups in total. The van der Waals surface area contributed by atoms with Gasteiger partial charge in [-0.25, -0.2) is 0 Å². The minimum Gasteiger partial charge on any atom is -0.376 e. The summed E-state index contributed by atoms with van der Waals surface area (Å²) in [6.45, 7) is 8.40. The molecule has 0 bridgehead atoms. The van der Waals surface area contributed by atoms with E-state index in [1.165, 1.54) is 5.56 Å². The highest BCUT2D eigenvalue weighted by Gasteiger charge is 2.31. The first-order valence-corrected chi connectivity index (χ1v) is 9.32. The number of likely N-dealkylation sites (tertiary alicyclic amines) is 1. The Balaban J connectivity index is 1.48. The zero-order valence-electron chi connectivity index (χ0n) is 15.0. The molecule has 1 amide bonds. The van der Waals surface area contributed by atoms with Crippen LogP contribution in [0.2, 0.25) is 0 Å². The summed E-state index contributed by atoms with van der Waals surface area (Å²) in [5.74, 6) is 0.998. The number of morpholine rings is 1. The van der Waals surface area contributed by atoms with Gasteiger partial charge in [0.2, 0.25) is 5.91 Å². The van der Waals surface area contributed by atoms with E-state index in [0.717, 1.165) is 52.0 Å². The Morgan fingerprint density at radius 2 is 1.92 bits per heavy atom. The second-order valence-electron chi connectivity index (χ2n) is 7.31. The van der Waals surface area contributed by atoms with Crippen LogP contribution in [0.25, 0.3) is 0 Å². The number of rotatable bonds is 4. The maximum absolute atomic E-state index is 12.8. The minimum absolute atomic E-state index is 0.0259. The molecule has 2 unspecified atom stereocenters. The average Bonchev–Trinajstić information content (AvgIpc) is 2.62. The highest BCUT2D eigenvalue weighted by atomic mass is 16.5. The van der Waals surface area contributed by atoms with Gasteiger partial charge in [-0.1, -0.05) is 30.3 Å². The Bertz CT molecular complexity index is 526. The van der Waals surface area contributed by atoms with E-state index in [2.05, 4.69) is 54.0 Å². The van der Waals surface area contributed by atoms with Gasteiger partial charge in [0.15, 0.2) is 0 Å². The Morgan fingerprint density at radius 3 is 2.58 bits per heavy atom. The fourth-order valence-electron chi connectivity index (χ4n) is 3.92. The summed E-state index contributed by atoms with van der Waals surface area (Å²) in [6.07, 6.45) is 3.60. The van der Waals surface area contributed by atoms with Crippen molar-refractivity contribution < 1.29 is 9.53 Å². The molecular formula is C20H30N2O2. The van der Waals surface area contributed by atoms with Crippen molar-refractivity contribution in [3.05, 3.63) is 35.9 Å². The molecule has 0 radical (unpaired) electrons. The quantitative estimate of drug-likeness (QED) is 0.851. The first kappa shape index (κ1) is 17.4. The van der Waals surface area contributed by atoms with E-state index in [1.807, 2.05) is 0 Å². The van der Waals surface area contributed by atoms with Crippen LogP contribution in [0.3, 0.4) is 0 Å². The summed E-state index contributed by atoms with van der Waals surface area (Å²) < 4.78 is 5.59. The third kappa shape index (κ3) is 4.37. The average molecular weight is 330 g/mol. The molecule has 4 heteroatoms. The van der Waals surface area contributed by atoms with Crippen LogP contribution < -0.4 is 0 Å². The lowest BCUT2D eigenvalue weighted by molar-refractivity contribution is -0.140. The third-order valence-electron chi connectivity index (χ3n) is 5.47. The normalized spacial score (nSPS) is 24.8. The summed E-state index contributed by atoms with van der Waals surface area (Å²) in [6, 6.07) is 10.7. The fraction of sp³-hybridized carbons (Fsp3) is 0.650. The summed E-state index contributed by atoms with van der Waals surface area (Å²) in [5.41, 5.74) is 1.41. The zero-order chi connectivity index (χ0) is 16.9. The number of hydrogen-bond acceptors (Lipinski definition) is 3. The fourth-order valence-corrected chi connectivity index (χ4v) is 3.92. The molecule has 2 atom stereocenters. The van der Waals surface area contributed by atoms with Crippen molar-refractivity contribution in [2.24, 2.45) is 5.92 Å². The maximum atomic E-state index is 12.8. The number of benzene rings is 1. The van der Waals surface area contributed by atoms with Crippen molar-refractivity contribution in [1.29, 1.82) is 0 Å². The molecule has 0 saturated carbocycles. The van der Waals surface area contributed by atoms with Gasteiger partial charge in [0.05, 0.1) is 18.8 Å². The van der Waals surface area contributed by atoms with E-state index in [9.17, 15) is 4.79 Å². The Labute approximate surface area is 145 Å². The molecule has 2 saturated heterocycles. The van der Waals surface area contributed by atoms with Gasteiger partial charge in [-0.15, -0.1) is 0 Å². The molecule has 132 valence electrons. The van der Waals surface area contributed by atoms with Crippen molar-refractivity contribution in [3.63, 3.8) is 0 Å². The lowest BCUT2D eigenvalue weighted by Gasteiger charge is -2.39. The van der Waals surface area contributed by atoms with E-state index >= 15 is 0 Å². The summed E-state index contributed by atoms with van der Waals surface area (Å²) in [5, 5.41) is 0. The number of ether oxygens (including phenoxy) is 1. The van der Waals surface area contributed by atoms with E-state index in [4.69, 9.17) is 4.74 Å². The predicted octanol–water partition coefficient (Wildman–Crippen LogP) is 2.58. The molecule has 0 aliphatic carbocycles. The summed E-state index contributed by atoms with van der Waals surface area (Å²) in [7, 11) is 0. The first-order chi connectivity index (χ1) is 11.6. The molecule has 2 fully saturated rings. The van der Waals surface area contributed by atoms with Crippen molar-refractivity contribution >= 4 is 5.91 Å². The van der Waals surface area contributed by atoms with Gasteiger partial charge in [-0.2, -0.15) is 0 Å². The van der Waals surface area contributed by atoms with Crippen LogP contribution in [0.1, 0.15) is 32.3 Å². The van der Waals surface area contributed by atoms with Crippen LogP contribution in [0.5, 0.6) is 0 Å². The highest BCUT2D eigenvalue weighted by Crippen LogP contribution is 2.23. The number of nitrogens with zero attached hydrogens (tertiary/aromatic N) is 2. The standard InChI is InChI=1S/C20H30N2O2/c1-16-15-22(12-13-24-16)17(2)20(23)21-10-8-19(9-11-21)14-18-6-4-3-5-7-18/h3-7,16-17,19H,8-15H2,1-2H3. The van der Waals surface area contributed by atoms with E-state index < -0.39 is 0 Å². The molecule has 2 aliphatic rings. The van der Waals surface area contributed by atoms with Crippen LogP contribution in [0.15, 0.2) is 30.3 Å². The SMILES string of the molecule is CC1CN(C(C)C(=O)N2CCC(Cc3ccccc3)CC2)CCO1. The van der Waals surface area contributed by atoms with Gasteiger partial charge in [0, 0.05) is 26.2 Å². The molecule has 0 aromatic heterocycles. The van der Waals surface area contributed by atoms with Gasteiger partial charge in [-0.3, -0.25) is 9.69 Å². The Hall–Kier alpha value is -1.39.